The van der Waals surface area contributed by atoms with E-state index in [1.54, 1.807) is 0 Å². The molecule has 1 aromatic carbocycles. The van der Waals surface area contributed by atoms with E-state index in [0.29, 0.717) is 6.07 Å². The van der Waals surface area contributed by atoms with Crippen LogP contribution in [0.2, 0.25) is 5.02 Å². The van der Waals surface area contributed by atoms with Crippen molar-refractivity contribution in [3.8, 4) is 5.75 Å². The van der Waals surface area contributed by atoms with Gasteiger partial charge in [0.1, 0.15) is 5.75 Å². The van der Waals surface area contributed by atoms with Gasteiger partial charge in [0, 0.05) is 0 Å². The number of methoxy groups -OCH3 is 1. The molecule has 0 heterocycles. The molecule has 0 aliphatic carbocycles. The first-order chi connectivity index (χ1) is 7.57. The Morgan fingerprint density at radius 1 is 1.00 bits per heavy atom. The van der Waals surface area contributed by atoms with Crippen LogP contribution in [0.3, 0.4) is 0 Å². The van der Waals surface area contributed by atoms with Crippen LogP contribution in [-0.4, -0.2) is 7.11 Å². The number of ether oxygens (including phenoxy) is 1. The Kier molecular flexibility index (Phi) is 3.52. The lowest BCUT2D eigenvalue weighted by Crippen LogP contribution is -2.12. The molecule has 0 N–H and O–H groups in total. The third-order valence-electron chi connectivity index (χ3n) is 1.89. The first-order valence-electron chi connectivity index (χ1n) is 4.09. The number of hydrogen-bond donors (Lipinski definition) is 0. The predicted molar refractivity (Wildman–Crippen MR) is 48.0 cm³/mol. The van der Waals surface area contributed by atoms with Crippen molar-refractivity contribution in [1.29, 1.82) is 0 Å². The molecule has 0 saturated carbocycles. The molecule has 0 aromatic heterocycles. The van der Waals surface area contributed by atoms with Crippen molar-refractivity contribution >= 4 is 11.6 Å². The van der Waals surface area contributed by atoms with Crippen LogP contribution in [0.1, 0.15) is 11.1 Å². The van der Waals surface area contributed by atoms with Gasteiger partial charge >= 0.3 is 12.4 Å². The van der Waals surface area contributed by atoms with E-state index >= 15 is 0 Å². The maximum Gasteiger partial charge on any atom is 0.417 e. The third-order valence-corrected chi connectivity index (χ3v) is 2.28. The Balaban J connectivity index is 3.50. The Bertz CT molecular complexity index is 423. The summed E-state index contributed by atoms with van der Waals surface area (Å²) in [6.45, 7) is 0. The number of rotatable bonds is 1. The van der Waals surface area contributed by atoms with Crippen molar-refractivity contribution in [2.24, 2.45) is 0 Å². The zero-order chi connectivity index (χ0) is 13.4. The Morgan fingerprint density at radius 2 is 1.53 bits per heavy atom. The van der Waals surface area contributed by atoms with Crippen molar-refractivity contribution in [2.45, 2.75) is 12.4 Å². The molecule has 0 saturated heterocycles. The SMILES string of the molecule is COc1cc(C(F)(F)F)cc(C(F)(F)F)c1Cl. The van der Waals surface area contributed by atoms with Crippen molar-refractivity contribution < 1.29 is 31.1 Å². The minimum Gasteiger partial charge on any atom is -0.495 e. The molecule has 0 amide bonds. The molecule has 0 aliphatic heterocycles. The van der Waals surface area contributed by atoms with Gasteiger partial charge < -0.3 is 4.74 Å². The van der Waals surface area contributed by atoms with Crippen molar-refractivity contribution in [3.05, 3.63) is 28.3 Å². The maximum absolute atomic E-state index is 12.4. The molecule has 0 unspecified atom stereocenters. The average Bonchev–Trinajstić information content (AvgIpc) is 2.14. The van der Waals surface area contributed by atoms with Gasteiger partial charge in [-0.25, -0.2) is 0 Å². The Morgan fingerprint density at radius 3 is 1.88 bits per heavy atom. The first-order valence-corrected chi connectivity index (χ1v) is 4.47. The summed E-state index contributed by atoms with van der Waals surface area (Å²) in [4.78, 5) is 0. The summed E-state index contributed by atoms with van der Waals surface area (Å²) < 4.78 is 78.7. The highest BCUT2D eigenvalue weighted by molar-refractivity contribution is 6.33. The van der Waals surface area contributed by atoms with Crippen LogP contribution in [0.15, 0.2) is 12.1 Å². The van der Waals surface area contributed by atoms with Crippen LogP contribution in [0.25, 0.3) is 0 Å². The quantitative estimate of drug-likeness (QED) is 0.693. The molecule has 0 radical (unpaired) electrons. The van der Waals surface area contributed by atoms with Crippen LogP contribution < -0.4 is 4.74 Å². The first kappa shape index (κ1) is 14.0. The lowest BCUT2D eigenvalue weighted by atomic mass is 10.1. The maximum atomic E-state index is 12.4. The zero-order valence-corrected chi connectivity index (χ0v) is 8.96. The van der Waals surface area contributed by atoms with E-state index in [1.807, 2.05) is 0 Å². The fourth-order valence-corrected chi connectivity index (χ4v) is 1.41. The molecule has 0 aliphatic rings. The fourth-order valence-electron chi connectivity index (χ4n) is 1.12. The van der Waals surface area contributed by atoms with E-state index < -0.39 is 34.3 Å². The topological polar surface area (TPSA) is 9.23 Å². The largest absolute Gasteiger partial charge is 0.495 e. The summed E-state index contributed by atoms with van der Waals surface area (Å²) in [5.74, 6) is -0.672. The second-order valence-electron chi connectivity index (χ2n) is 3.04. The standard InChI is InChI=1S/C9H5ClF6O/c1-17-6-3-4(8(11,12)13)2-5(7(6)10)9(14,15)16/h2-3H,1H3. The van der Waals surface area contributed by atoms with Crippen LogP contribution in [-0.2, 0) is 12.4 Å². The minimum atomic E-state index is -4.98. The van der Waals surface area contributed by atoms with Crippen molar-refractivity contribution in [3.63, 3.8) is 0 Å². The number of halogens is 7. The van der Waals surface area contributed by atoms with Crippen molar-refractivity contribution in [2.75, 3.05) is 7.11 Å². The van der Waals surface area contributed by atoms with E-state index in [9.17, 15) is 26.3 Å². The highest BCUT2D eigenvalue weighted by Crippen LogP contribution is 2.43. The Hall–Kier alpha value is -1.11. The molecule has 8 heteroatoms. The lowest BCUT2D eigenvalue weighted by Gasteiger charge is -2.15. The molecule has 96 valence electrons. The molecule has 0 bridgehead atoms. The van der Waals surface area contributed by atoms with Crippen molar-refractivity contribution in [1.82, 2.24) is 0 Å². The molecule has 1 rings (SSSR count). The minimum absolute atomic E-state index is 0.0507. The predicted octanol–water partition coefficient (Wildman–Crippen LogP) is 4.39. The van der Waals surface area contributed by atoms with Gasteiger partial charge in [0.2, 0.25) is 0 Å². The summed E-state index contributed by atoms with van der Waals surface area (Å²) >= 11 is 5.30. The summed E-state index contributed by atoms with van der Waals surface area (Å²) in [7, 11) is 0.932. The summed E-state index contributed by atoms with van der Waals surface area (Å²) in [6.07, 6.45) is -9.89. The summed E-state index contributed by atoms with van der Waals surface area (Å²) in [5, 5.41) is -0.895. The van der Waals surface area contributed by atoms with E-state index in [-0.39, 0.29) is 6.07 Å². The second-order valence-corrected chi connectivity index (χ2v) is 3.41. The summed E-state index contributed by atoms with van der Waals surface area (Å²) in [5.41, 5.74) is -3.04. The third kappa shape index (κ3) is 2.96. The van der Waals surface area contributed by atoms with Crippen LogP contribution in [0.5, 0.6) is 5.75 Å². The smallest absolute Gasteiger partial charge is 0.417 e. The molecule has 1 nitrogen and oxygen atoms in total. The lowest BCUT2D eigenvalue weighted by molar-refractivity contribution is -0.143. The monoisotopic (exact) mass is 278 g/mol. The van der Waals surface area contributed by atoms with Gasteiger partial charge in [0.25, 0.3) is 0 Å². The van der Waals surface area contributed by atoms with Gasteiger partial charge in [-0.1, -0.05) is 11.6 Å². The highest BCUT2D eigenvalue weighted by Gasteiger charge is 2.39. The number of benzene rings is 1. The van der Waals surface area contributed by atoms with Crippen LogP contribution >= 0.6 is 11.6 Å². The van der Waals surface area contributed by atoms with E-state index in [0.717, 1.165) is 7.11 Å². The van der Waals surface area contributed by atoms with Crippen LogP contribution in [0, 0.1) is 0 Å². The zero-order valence-electron chi connectivity index (χ0n) is 8.21. The van der Waals surface area contributed by atoms with Gasteiger partial charge in [-0.3, -0.25) is 0 Å². The van der Waals surface area contributed by atoms with Gasteiger partial charge in [-0.15, -0.1) is 0 Å². The van der Waals surface area contributed by atoms with Gasteiger partial charge in [0.15, 0.2) is 0 Å². The van der Waals surface area contributed by atoms with Crippen LogP contribution in [0.4, 0.5) is 26.3 Å². The van der Waals surface area contributed by atoms with Gasteiger partial charge in [-0.2, -0.15) is 26.3 Å². The normalized spacial score (nSPS) is 12.7. The average molecular weight is 279 g/mol. The highest BCUT2D eigenvalue weighted by atomic mass is 35.5. The molecule has 0 atom stereocenters. The number of alkyl halides is 6. The molecular formula is C9H5ClF6O. The molecule has 17 heavy (non-hydrogen) atoms. The van der Waals surface area contributed by atoms with Gasteiger partial charge in [0.05, 0.1) is 23.3 Å². The second kappa shape index (κ2) is 4.29. The molecule has 0 fully saturated rings. The van der Waals surface area contributed by atoms with E-state index in [4.69, 9.17) is 11.6 Å². The molecule has 0 spiro atoms. The van der Waals surface area contributed by atoms with E-state index in [2.05, 4.69) is 4.74 Å². The molecular weight excluding hydrogens is 274 g/mol. The summed E-state index contributed by atoms with van der Waals surface area (Å²) in [6, 6.07) is 0.364. The van der Waals surface area contributed by atoms with Gasteiger partial charge in [-0.05, 0) is 12.1 Å². The van der Waals surface area contributed by atoms with E-state index in [1.165, 1.54) is 0 Å². The number of hydrogen-bond acceptors (Lipinski definition) is 1. The fraction of sp³-hybridized carbons (Fsp3) is 0.333. The Labute approximate surface area is 96.9 Å². The molecule has 1 aromatic rings.